The van der Waals surface area contributed by atoms with Crippen molar-refractivity contribution < 1.29 is 23.6 Å². The van der Waals surface area contributed by atoms with Crippen LogP contribution in [0.25, 0.3) is 21.7 Å². The van der Waals surface area contributed by atoms with Crippen LogP contribution < -0.4 is 14.9 Å². The van der Waals surface area contributed by atoms with Crippen LogP contribution >= 0.6 is 0 Å². The Morgan fingerprint density at radius 2 is 1.78 bits per heavy atom. The number of hydrazone groups is 1. The second-order valence-corrected chi connectivity index (χ2v) is 8.10. The second kappa shape index (κ2) is 10.2. The molecule has 1 amide bonds. The van der Waals surface area contributed by atoms with E-state index in [-0.39, 0.29) is 18.1 Å². The van der Waals surface area contributed by atoms with Gasteiger partial charge in [0, 0.05) is 23.1 Å². The average molecular weight is 495 g/mol. The molecule has 1 aromatic heterocycles. The largest absolute Gasteiger partial charge is 0.493 e. The zero-order valence-corrected chi connectivity index (χ0v) is 19.7. The number of amides is 1. The Bertz CT molecular complexity index is 1640. The van der Waals surface area contributed by atoms with Gasteiger partial charge in [0.2, 0.25) is 0 Å². The third-order valence-corrected chi connectivity index (χ3v) is 5.78. The summed E-state index contributed by atoms with van der Waals surface area (Å²) in [6.45, 7) is 0.199. The first-order chi connectivity index (χ1) is 18.0. The molecule has 5 rings (SSSR count). The van der Waals surface area contributed by atoms with E-state index in [1.54, 1.807) is 24.3 Å². The number of hydrogen-bond donors (Lipinski definition) is 1. The van der Waals surface area contributed by atoms with Crippen LogP contribution in [0.5, 0.6) is 11.5 Å². The third-order valence-electron chi connectivity index (χ3n) is 5.78. The lowest BCUT2D eigenvalue weighted by Gasteiger charge is -2.12. The van der Waals surface area contributed by atoms with Crippen molar-refractivity contribution >= 4 is 39.6 Å². The molecule has 37 heavy (non-hydrogen) atoms. The standard InChI is InChI=1S/C28H21N3O6/c1-35-25-8-4-6-20-15-26(37-27(20)25)28(32)30-29-16-23-22-7-3-2-5-19(22)11-14-24(23)36-17-18-9-12-21(13-10-18)31(33)34/h2-16H,17H2,1H3,(H,30,32)/b29-16+. The van der Waals surface area contributed by atoms with Gasteiger partial charge in [-0.1, -0.05) is 42.5 Å². The number of rotatable bonds is 8. The van der Waals surface area contributed by atoms with Crippen molar-refractivity contribution in [3.63, 3.8) is 0 Å². The Morgan fingerprint density at radius 1 is 1.00 bits per heavy atom. The van der Waals surface area contributed by atoms with Gasteiger partial charge < -0.3 is 13.9 Å². The molecule has 0 radical (unpaired) electrons. The molecule has 0 aliphatic carbocycles. The van der Waals surface area contributed by atoms with E-state index in [2.05, 4.69) is 10.5 Å². The van der Waals surface area contributed by atoms with Crippen molar-refractivity contribution in [1.82, 2.24) is 5.43 Å². The maximum Gasteiger partial charge on any atom is 0.307 e. The van der Waals surface area contributed by atoms with Crippen LogP contribution in [0.2, 0.25) is 0 Å². The van der Waals surface area contributed by atoms with Crippen molar-refractivity contribution in [2.24, 2.45) is 5.10 Å². The molecule has 1 heterocycles. The zero-order chi connectivity index (χ0) is 25.8. The van der Waals surface area contributed by atoms with Gasteiger partial charge in [-0.05, 0) is 46.7 Å². The summed E-state index contributed by atoms with van der Waals surface area (Å²) in [5, 5.41) is 17.6. The van der Waals surface area contributed by atoms with Crippen molar-refractivity contribution in [2.45, 2.75) is 6.61 Å². The number of nitrogens with zero attached hydrogens (tertiary/aromatic N) is 2. The predicted octanol–water partition coefficient (Wildman–Crippen LogP) is 5.85. The Labute approximate surface area is 211 Å². The number of non-ortho nitro benzene ring substituents is 1. The fourth-order valence-corrected chi connectivity index (χ4v) is 3.93. The normalized spacial score (nSPS) is 11.2. The molecule has 0 spiro atoms. The summed E-state index contributed by atoms with van der Waals surface area (Å²) in [6.07, 6.45) is 1.52. The van der Waals surface area contributed by atoms with E-state index in [9.17, 15) is 14.9 Å². The second-order valence-electron chi connectivity index (χ2n) is 8.10. The molecule has 0 atom stereocenters. The van der Waals surface area contributed by atoms with Crippen LogP contribution in [0.1, 0.15) is 21.7 Å². The van der Waals surface area contributed by atoms with Gasteiger partial charge in [0.15, 0.2) is 17.1 Å². The van der Waals surface area contributed by atoms with Crippen molar-refractivity contribution in [3.8, 4) is 11.5 Å². The van der Waals surface area contributed by atoms with Gasteiger partial charge in [-0.25, -0.2) is 5.43 Å². The molecule has 0 aliphatic heterocycles. The molecular weight excluding hydrogens is 474 g/mol. The lowest BCUT2D eigenvalue weighted by Crippen LogP contribution is -2.16. The summed E-state index contributed by atoms with van der Waals surface area (Å²) in [4.78, 5) is 23.1. The molecule has 5 aromatic rings. The number of carbonyl (C=O) groups is 1. The molecular formula is C28H21N3O6. The fraction of sp³-hybridized carbons (Fsp3) is 0.0714. The molecule has 9 heteroatoms. The number of furan rings is 1. The van der Waals surface area contributed by atoms with E-state index in [0.29, 0.717) is 22.6 Å². The molecule has 1 N–H and O–H groups in total. The summed E-state index contributed by atoms with van der Waals surface area (Å²) in [7, 11) is 1.53. The van der Waals surface area contributed by atoms with Crippen LogP contribution in [-0.4, -0.2) is 24.2 Å². The summed E-state index contributed by atoms with van der Waals surface area (Å²) >= 11 is 0. The average Bonchev–Trinajstić information content (AvgIpc) is 3.37. The molecule has 0 saturated carbocycles. The summed E-state index contributed by atoms with van der Waals surface area (Å²) in [6, 6.07) is 24.7. The van der Waals surface area contributed by atoms with Gasteiger partial charge in [-0.3, -0.25) is 14.9 Å². The summed E-state index contributed by atoms with van der Waals surface area (Å²) in [5.74, 6) is 0.668. The van der Waals surface area contributed by atoms with E-state index < -0.39 is 10.8 Å². The Morgan fingerprint density at radius 3 is 2.57 bits per heavy atom. The molecule has 0 aliphatic rings. The number of benzene rings is 4. The Hall–Kier alpha value is -5.18. The summed E-state index contributed by atoms with van der Waals surface area (Å²) in [5.41, 5.74) is 4.45. The topological polar surface area (TPSA) is 116 Å². The smallest absolute Gasteiger partial charge is 0.307 e. The lowest BCUT2D eigenvalue weighted by atomic mass is 10.0. The number of nitro benzene ring substituents is 1. The first-order valence-corrected chi connectivity index (χ1v) is 11.3. The zero-order valence-electron chi connectivity index (χ0n) is 19.7. The maximum atomic E-state index is 12.7. The predicted molar refractivity (Wildman–Crippen MR) is 139 cm³/mol. The van der Waals surface area contributed by atoms with E-state index in [4.69, 9.17) is 13.9 Å². The maximum absolute atomic E-state index is 12.7. The molecule has 184 valence electrons. The van der Waals surface area contributed by atoms with E-state index >= 15 is 0 Å². The number of hydrogen-bond acceptors (Lipinski definition) is 7. The monoisotopic (exact) mass is 495 g/mol. The minimum absolute atomic E-state index is 0.0147. The van der Waals surface area contributed by atoms with Crippen LogP contribution in [0.3, 0.4) is 0 Å². The molecule has 0 fully saturated rings. The lowest BCUT2D eigenvalue weighted by molar-refractivity contribution is -0.384. The third kappa shape index (κ3) is 4.96. The van der Waals surface area contributed by atoms with Gasteiger partial charge in [-0.15, -0.1) is 0 Å². The number of para-hydroxylation sites is 1. The highest BCUT2D eigenvalue weighted by atomic mass is 16.6. The minimum atomic E-state index is -0.511. The first kappa shape index (κ1) is 23.6. The Balaban J connectivity index is 1.37. The highest BCUT2D eigenvalue weighted by Crippen LogP contribution is 2.29. The van der Waals surface area contributed by atoms with Crippen molar-refractivity contribution in [2.75, 3.05) is 7.11 Å². The van der Waals surface area contributed by atoms with Crippen molar-refractivity contribution in [1.29, 1.82) is 0 Å². The van der Waals surface area contributed by atoms with Gasteiger partial charge in [0.25, 0.3) is 5.69 Å². The fourth-order valence-electron chi connectivity index (χ4n) is 3.93. The SMILES string of the molecule is COc1cccc2cc(C(=O)N/N=C/c3c(OCc4ccc([N+](=O)[O-])cc4)ccc4ccccc34)oc12. The highest BCUT2D eigenvalue weighted by Gasteiger charge is 2.15. The van der Waals surface area contributed by atoms with E-state index in [1.807, 2.05) is 48.5 Å². The molecule has 0 saturated heterocycles. The number of carbonyl (C=O) groups excluding carboxylic acids is 1. The molecule has 4 aromatic carbocycles. The Kier molecular flexibility index (Phi) is 6.50. The molecule has 9 nitrogen and oxygen atoms in total. The van der Waals surface area contributed by atoms with Gasteiger partial charge >= 0.3 is 5.91 Å². The minimum Gasteiger partial charge on any atom is -0.493 e. The quantitative estimate of drug-likeness (QED) is 0.164. The van der Waals surface area contributed by atoms with Crippen molar-refractivity contribution in [3.05, 3.63) is 112 Å². The first-order valence-electron chi connectivity index (χ1n) is 11.3. The van der Waals surface area contributed by atoms with Crippen LogP contribution in [0, 0.1) is 10.1 Å². The van der Waals surface area contributed by atoms with Gasteiger partial charge in [-0.2, -0.15) is 5.10 Å². The van der Waals surface area contributed by atoms with Crippen LogP contribution in [-0.2, 0) is 6.61 Å². The molecule has 0 bridgehead atoms. The van der Waals surface area contributed by atoms with Crippen LogP contribution in [0.4, 0.5) is 5.69 Å². The van der Waals surface area contributed by atoms with Gasteiger partial charge in [0.05, 0.1) is 18.2 Å². The highest BCUT2D eigenvalue weighted by molar-refractivity contribution is 6.03. The number of methoxy groups -OCH3 is 1. The number of fused-ring (bicyclic) bond motifs is 2. The molecule has 0 unspecified atom stereocenters. The number of ether oxygens (including phenoxy) is 2. The van der Waals surface area contributed by atoms with Gasteiger partial charge in [0.1, 0.15) is 12.4 Å². The summed E-state index contributed by atoms with van der Waals surface area (Å²) < 4.78 is 17.0. The van der Waals surface area contributed by atoms with E-state index in [1.165, 1.54) is 25.5 Å². The number of nitrogens with one attached hydrogen (secondary N) is 1. The number of nitro groups is 1. The van der Waals surface area contributed by atoms with E-state index in [0.717, 1.165) is 21.7 Å². The van der Waals surface area contributed by atoms with Crippen LogP contribution in [0.15, 0.2) is 94.4 Å².